The van der Waals surface area contributed by atoms with Crippen LogP contribution in [-0.2, 0) is 0 Å². The summed E-state index contributed by atoms with van der Waals surface area (Å²) in [6.45, 7) is 4.32. The van der Waals surface area contributed by atoms with Gasteiger partial charge in [-0.3, -0.25) is 4.98 Å². The van der Waals surface area contributed by atoms with Crippen molar-refractivity contribution in [1.82, 2.24) is 4.98 Å². The Bertz CT molecular complexity index is 1270. The number of aromatic nitrogens is 1. The number of aryl methyl sites for hydroxylation is 2. The monoisotopic (exact) mass is 391 g/mol. The molecule has 0 saturated carbocycles. The van der Waals surface area contributed by atoms with E-state index in [4.69, 9.17) is 4.98 Å². The van der Waals surface area contributed by atoms with E-state index in [0.29, 0.717) is 0 Å². The Balaban J connectivity index is 1.89. The largest absolute Gasteiger partial charge is 0.252 e. The molecule has 2 heteroatoms. The van der Waals surface area contributed by atoms with E-state index >= 15 is 0 Å². The second kappa shape index (κ2) is 7.43. The lowest BCUT2D eigenvalue weighted by atomic mass is 10.0. The number of rotatable bonds is 3. The Morgan fingerprint density at radius 2 is 1.14 bits per heavy atom. The van der Waals surface area contributed by atoms with Crippen LogP contribution in [-0.4, -0.2) is 4.98 Å². The van der Waals surface area contributed by atoms with Crippen molar-refractivity contribution in [2.45, 2.75) is 13.8 Å². The zero-order valence-corrected chi connectivity index (χ0v) is 17.5. The molecule has 5 aromatic rings. The van der Waals surface area contributed by atoms with Crippen LogP contribution in [0.2, 0.25) is 0 Å². The molecule has 0 fully saturated rings. The molecule has 1 aromatic heterocycles. The lowest BCUT2D eigenvalue weighted by molar-refractivity contribution is 1.29. The summed E-state index contributed by atoms with van der Waals surface area (Å²) in [6.07, 6.45) is 0. The Morgan fingerprint density at radius 1 is 0.586 bits per heavy atom. The predicted molar refractivity (Wildman–Crippen MR) is 127 cm³/mol. The number of benzene rings is 4. The third-order valence-corrected chi connectivity index (χ3v) is 7.84. The standard InChI is InChI=1S/C27H22NP/c1-19-17-25-24-16-10-9-15-23(24)20(2)28-27(25)26(18-19)29(21-11-5-3-6-12-21)22-13-7-4-8-14-22/h3-18H,1-2H3. The highest BCUT2D eigenvalue weighted by Crippen LogP contribution is 2.37. The molecule has 5 rings (SSSR count). The van der Waals surface area contributed by atoms with E-state index in [0.717, 1.165) is 11.2 Å². The van der Waals surface area contributed by atoms with Crippen molar-refractivity contribution in [3.8, 4) is 0 Å². The van der Waals surface area contributed by atoms with Gasteiger partial charge in [0.2, 0.25) is 0 Å². The first-order chi connectivity index (χ1) is 14.2. The van der Waals surface area contributed by atoms with Crippen molar-refractivity contribution in [3.63, 3.8) is 0 Å². The van der Waals surface area contributed by atoms with Gasteiger partial charge in [0.15, 0.2) is 0 Å². The highest BCUT2D eigenvalue weighted by Gasteiger charge is 2.21. The summed E-state index contributed by atoms with van der Waals surface area (Å²) in [7, 11) is -0.692. The summed E-state index contributed by atoms with van der Waals surface area (Å²) in [5.74, 6) is 0. The van der Waals surface area contributed by atoms with E-state index in [1.54, 1.807) is 0 Å². The van der Waals surface area contributed by atoms with E-state index in [-0.39, 0.29) is 0 Å². The first-order valence-corrected chi connectivity index (χ1v) is 11.3. The quantitative estimate of drug-likeness (QED) is 0.281. The lowest BCUT2D eigenvalue weighted by Crippen LogP contribution is -2.22. The van der Waals surface area contributed by atoms with Crippen molar-refractivity contribution < 1.29 is 0 Å². The summed E-state index contributed by atoms with van der Waals surface area (Å²) in [6, 6.07) is 35.0. The molecule has 0 aliphatic heterocycles. The molecule has 0 aliphatic carbocycles. The van der Waals surface area contributed by atoms with Gasteiger partial charge in [-0.1, -0.05) is 84.9 Å². The zero-order valence-electron chi connectivity index (χ0n) is 16.6. The number of pyridine rings is 1. The molecule has 1 heterocycles. The molecule has 0 bridgehead atoms. The molecule has 0 aliphatic rings. The van der Waals surface area contributed by atoms with Gasteiger partial charge >= 0.3 is 0 Å². The van der Waals surface area contributed by atoms with Gasteiger partial charge in [0.05, 0.1) is 5.52 Å². The van der Waals surface area contributed by atoms with Gasteiger partial charge in [-0.2, -0.15) is 0 Å². The molecule has 0 radical (unpaired) electrons. The van der Waals surface area contributed by atoms with E-state index in [1.807, 2.05) is 0 Å². The van der Waals surface area contributed by atoms with Gasteiger partial charge in [-0.05, 0) is 55.5 Å². The molecule has 29 heavy (non-hydrogen) atoms. The maximum atomic E-state index is 5.13. The highest BCUT2D eigenvalue weighted by molar-refractivity contribution is 7.80. The van der Waals surface area contributed by atoms with E-state index in [2.05, 4.69) is 111 Å². The van der Waals surface area contributed by atoms with Crippen molar-refractivity contribution in [2.24, 2.45) is 0 Å². The van der Waals surface area contributed by atoms with Crippen molar-refractivity contribution in [3.05, 3.63) is 108 Å². The van der Waals surface area contributed by atoms with E-state index < -0.39 is 7.92 Å². The Kier molecular flexibility index (Phi) is 4.62. The third-order valence-electron chi connectivity index (χ3n) is 5.39. The first-order valence-electron chi connectivity index (χ1n) is 9.92. The third kappa shape index (κ3) is 3.22. The molecule has 0 saturated heterocycles. The van der Waals surface area contributed by atoms with E-state index in [9.17, 15) is 0 Å². The Hall–Kier alpha value is -3.02. The van der Waals surface area contributed by atoms with Crippen LogP contribution < -0.4 is 15.9 Å². The molecule has 0 N–H and O–H groups in total. The number of fused-ring (bicyclic) bond motifs is 3. The van der Waals surface area contributed by atoms with Crippen molar-refractivity contribution in [2.75, 3.05) is 0 Å². The fourth-order valence-electron chi connectivity index (χ4n) is 4.10. The van der Waals surface area contributed by atoms with Gasteiger partial charge in [0.1, 0.15) is 0 Å². The number of nitrogens with zero attached hydrogens (tertiary/aromatic N) is 1. The summed E-state index contributed by atoms with van der Waals surface area (Å²) < 4.78 is 0. The topological polar surface area (TPSA) is 12.9 Å². The summed E-state index contributed by atoms with van der Waals surface area (Å²) in [5.41, 5.74) is 3.50. The molecule has 0 amide bonds. The SMILES string of the molecule is Cc1cc(P(c2ccccc2)c2ccccc2)c2nc(C)c3ccccc3c2c1. The minimum Gasteiger partial charge on any atom is -0.252 e. The summed E-state index contributed by atoms with van der Waals surface area (Å²) in [4.78, 5) is 5.13. The average molecular weight is 391 g/mol. The van der Waals surface area contributed by atoms with Crippen LogP contribution in [0.1, 0.15) is 11.3 Å². The van der Waals surface area contributed by atoms with Crippen LogP contribution in [0.4, 0.5) is 0 Å². The van der Waals surface area contributed by atoms with Crippen LogP contribution in [0.3, 0.4) is 0 Å². The normalized spacial score (nSPS) is 11.4. The molecule has 0 spiro atoms. The molecular formula is C27H22NP. The van der Waals surface area contributed by atoms with Crippen LogP contribution in [0.5, 0.6) is 0 Å². The number of hydrogen-bond donors (Lipinski definition) is 0. The maximum Gasteiger partial charge on any atom is 0.0795 e. The second-order valence-corrected chi connectivity index (χ2v) is 9.61. The first kappa shape index (κ1) is 18.0. The van der Waals surface area contributed by atoms with Crippen LogP contribution in [0, 0.1) is 13.8 Å². The molecule has 0 atom stereocenters. The van der Waals surface area contributed by atoms with Crippen molar-refractivity contribution in [1.29, 1.82) is 0 Å². The molecule has 140 valence electrons. The maximum absolute atomic E-state index is 5.13. The van der Waals surface area contributed by atoms with Crippen LogP contribution in [0.15, 0.2) is 97.1 Å². The molecule has 0 unspecified atom stereocenters. The molecule has 1 nitrogen and oxygen atoms in total. The van der Waals surface area contributed by atoms with Crippen LogP contribution in [0.25, 0.3) is 21.7 Å². The van der Waals surface area contributed by atoms with Gasteiger partial charge in [0, 0.05) is 21.8 Å². The van der Waals surface area contributed by atoms with Gasteiger partial charge < -0.3 is 0 Å². The average Bonchev–Trinajstić information content (AvgIpc) is 2.76. The highest BCUT2D eigenvalue weighted by atomic mass is 31.1. The fourth-order valence-corrected chi connectivity index (χ4v) is 6.61. The van der Waals surface area contributed by atoms with Gasteiger partial charge in [-0.25, -0.2) is 0 Å². The summed E-state index contributed by atoms with van der Waals surface area (Å²) >= 11 is 0. The smallest absolute Gasteiger partial charge is 0.0795 e. The van der Waals surface area contributed by atoms with Crippen LogP contribution >= 0.6 is 7.92 Å². The minimum atomic E-state index is -0.692. The molecule has 4 aromatic carbocycles. The van der Waals surface area contributed by atoms with E-state index in [1.165, 1.54) is 37.6 Å². The summed E-state index contributed by atoms with van der Waals surface area (Å²) in [5, 5.41) is 7.82. The fraction of sp³-hybridized carbons (Fsp3) is 0.0741. The number of hydrogen-bond acceptors (Lipinski definition) is 1. The predicted octanol–water partition coefficient (Wildman–Crippen LogP) is 5.76. The Labute approximate surface area is 172 Å². The molecular weight excluding hydrogens is 369 g/mol. The zero-order chi connectivity index (χ0) is 19.8. The van der Waals surface area contributed by atoms with Gasteiger partial charge in [-0.15, -0.1) is 0 Å². The van der Waals surface area contributed by atoms with Gasteiger partial charge in [0.25, 0.3) is 0 Å². The van der Waals surface area contributed by atoms with Crippen molar-refractivity contribution >= 4 is 45.5 Å². The Morgan fingerprint density at radius 3 is 1.76 bits per heavy atom. The second-order valence-electron chi connectivity index (χ2n) is 7.43. The minimum absolute atomic E-state index is 0.692. The lowest BCUT2D eigenvalue weighted by Gasteiger charge is -2.22.